The average molecular weight is 182 g/mol. The highest BCUT2D eigenvalue weighted by Crippen LogP contribution is 2.39. The fraction of sp³-hybridized carbons (Fsp3) is 0.200. The standard InChI is InChI=1S/C10H8F2O/c11-10(12)6-7-13-9(10)8-4-2-1-3-5-8/h1-7,9H. The molecule has 1 heterocycles. The lowest BCUT2D eigenvalue weighted by atomic mass is 10.1. The summed E-state index contributed by atoms with van der Waals surface area (Å²) >= 11 is 0. The summed E-state index contributed by atoms with van der Waals surface area (Å²) in [6, 6.07) is 8.47. The highest BCUT2D eigenvalue weighted by Gasteiger charge is 2.43. The van der Waals surface area contributed by atoms with Gasteiger partial charge in [-0.1, -0.05) is 30.3 Å². The molecule has 0 spiro atoms. The number of rotatable bonds is 1. The van der Waals surface area contributed by atoms with Gasteiger partial charge in [0.25, 0.3) is 0 Å². The van der Waals surface area contributed by atoms with Crippen molar-refractivity contribution in [1.82, 2.24) is 0 Å². The van der Waals surface area contributed by atoms with E-state index in [-0.39, 0.29) is 0 Å². The Morgan fingerprint density at radius 1 is 1.15 bits per heavy atom. The molecule has 68 valence electrons. The van der Waals surface area contributed by atoms with E-state index >= 15 is 0 Å². The van der Waals surface area contributed by atoms with Gasteiger partial charge in [0, 0.05) is 6.08 Å². The highest BCUT2D eigenvalue weighted by molar-refractivity contribution is 5.23. The van der Waals surface area contributed by atoms with Crippen LogP contribution in [-0.2, 0) is 4.74 Å². The van der Waals surface area contributed by atoms with Crippen LogP contribution < -0.4 is 0 Å². The van der Waals surface area contributed by atoms with Crippen LogP contribution in [0.15, 0.2) is 42.7 Å². The zero-order chi connectivity index (χ0) is 9.31. The summed E-state index contributed by atoms with van der Waals surface area (Å²) < 4.78 is 31.0. The van der Waals surface area contributed by atoms with Crippen LogP contribution in [0.5, 0.6) is 0 Å². The molecule has 1 atom stereocenters. The van der Waals surface area contributed by atoms with Crippen molar-refractivity contribution in [3.05, 3.63) is 48.2 Å². The summed E-state index contributed by atoms with van der Waals surface area (Å²) in [5, 5.41) is 0. The lowest BCUT2D eigenvalue weighted by Crippen LogP contribution is -2.20. The summed E-state index contributed by atoms with van der Waals surface area (Å²) in [7, 11) is 0. The van der Waals surface area contributed by atoms with Crippen LogP contribution in [0.3, 0.4) is 0 Å². The lowest BCUT2D eigenvalue weighted by Gasteiger charge is -2.17. The molecule has 2 rings (SSSR count). The third-order valence-electron chi connectivity index (χ3n) is 1.96. The smallest absolute Gasteiger partial charge is 0.309 e. The fourth-order valence-corrected chi connectivity index (χ4v) is 1.32. The van der Waals surface area contributed by atoms with Gasteiger partial charge in [-0.15, -0.1) is 0 Å². The molecule has 0 radical (unpaired) electrons. The molecule has 1 aliphatic rings. The Bertz CT molecular complexity index is 319. The number of hydrogen-bond donors (Lipinski definition) is 0. The first-order valence-electron chi connectivity index (χ1n) is 3.96. The Morgan fingerprint density at radius 2 is 1.85 bits per heavy atom. The van der Waals surface area contributed by atoms with Gasteiger partial charge in [-0.3, -0.25) is 0 Å². The first-order chi connectivity index (χ1) is 6.20. The molecule has 1 unspecified atom stereocenters. The minimum absolute atomic E-state index is 0.498. The van der Waals surface area contributed by atoms with Gasteiger partial charge in [0.15, 0.2) is 6.10 Å². The van der Waals surface area contributed by atoms with Crippen molar-refractivity contribution < 1.29 is 13.5 Å². The van der Waals surface area contributed by atoms with E-state index in [9.17, 15) is 8.78 Å². The van der Waals surface area contributed by atoms with Gasteiger partial charge in [-0.05, 0) is 5.56 Å². The second kappa shape index (κ2) is 2.83. The largest absolute Gasteiger partial charge is 0.487 e. The number of halogens is 2. The molecule has 0 amide bonds. The van der Waals surface area contributed by atoms with Crippen molar-refractivity contribution in [3.8, 4) is 0 Å². The van der Waals surface area contributed by atoms with E-state index in [4.69, 9.17) is 4.74 Å². The van der Waals surface area contributed by atoms with Gasteiger partial charge in [0.05, 0.1) is 6.26 Å². The van der Waals surface area contributed by atoms with Crippen LogP contribution in [-0.4, -0.2) is 5.92 Å². The van der Waals surface area contributed by atoms with Crippen LogP contribution in [0.25, 0.3) is 0 Å². The zero-order valence-corrected chi connectivity index (χ0v) is 6.78. The first-order valence-corrected chi connectivity index (χ1v) is 3.96. The molecule has 1 aromatic carbocycles. The highest BCUT2D eigenvalue weighted by atomic mass is 19.3. The topological polar surface area (TPSA) is 9.23 Å². The Hall–Kier alpha value is -1.38. The van der Waals surface area contributed by atoms with Crippen LogP contribution >= 0.6 is 0 Å². The second-order valence-corrected chi connectivity index (χ2v) is 2.90. The summed E-state index contributed by atoms with van der Waals surface area (Å²) in [6.07, 6.45) is 0.677. The van der Waals surface area contributed by atoms with Gasteiger partial charge in [0.2, 0.25) is 0 Å². The predicted octanol–water partition coefficient (Wildman–Crippen LogP) is 2.91. The molecule has 0 fully saturated rings. The Kier molecular flexibility index (Phi) is 1.79. The number of hydrogen-bond acceptors (Lipinski definition) is 1. The van der Waals surface area contributed by atoms with Gasteiger partial charge in [0.1, 0.15) is 0 Å². The summed E-state index contributed by atoms with van der Waals surface area (Å²) in [4.78, 5) is 0. The van der Waals surface area contributed by atoms with Crippen LogP contribution in [0.2, 0.25) is 0 Å². The molecule has 0 N–H and O–H groups in total. The van der Waals surface area contributed by atoms with E-state index in [0.29, 0.717) is 5.56 Å². The number of benzene rings is 1. The van der Waals surface area contributed by atoms with E-state index in [2.05, 4.69) is 0 Å². The summed E-state index contributed by atoms with van der Waals surface area (Å²) in [5.41, 5.74) is 0.498. The zero-order valence-electron chi connectivity index (χ0n) is 6.78. The fourth-order valence-electron chi connectivity index (χ4n) is 1.32. The van der Waals surface area contributed by atoms with Crippen LogP contribution in [0, 0.1) is 0 Å². The predicted molar refractivity (Wildman–Crippen MR) is 44.4 cm³/mol. The van der Waals surface area contributed by atoms with Crippen molar-refractivity contribution in [2.45, 2.75) is 12.0 Å². The maximum atomic E-state index is 13.1. The molecule has 0 saturated heterocycles. The van der Waals surface area contributed by atoms with E-state index in [0.717, 1.165) is 12.3 Å². The van der Waals surface area contributed by atoms with Gasteiger partial charge in [-0.2, -0.15) is 8.78 Å². The third-order valence-corrected chi connectivity index (χ3v) is 1.96. The van der Waals surface area contributed by atoms with Gasteiger partial charge in [-0.25, -0.2) is 0 Å². The minimum Gasteiger partial charge on any atom is -0.487 e. The van der Waals surface area contributed by atoms with E-state index in [1.807, 2.05) is 0 Å². The monoisotopic (exact) mass is 182 g/mol. The van der Waals surface area contributed by atoms with E-state index in [1.165, 1.54) is 0 Å². The molecule has 3 heteroatoms. The van der Waals surface area contributed by atoms with E-state index in [1.54, 1.807) is 30.3 Å². The molecular formula is C10H8F2O. The molecule has 0 saturated carbocycles. The first kappa shape index (κ1) is 8.23. The molecule has 0 aromatic heterocycles. The second-order valence-electron chi connectivity index (χ2n) is 2.90. The molecule has 13 heavy (non-hydrogen) atoms. The minimum atomic E-state index is -2.89. The van der Waals surface area contributed by atoms with Crippen molar-refractivity contribution in [2.75, 3.05) is 0 Å². The normalized spacial score (nSPS) is 24.3. The van der Waals surface area contributed by atoms with Crippen LogP contribution in [0.4, 0.5) is 8.78 Å². The van der Waals surface area contributed by atoms with Crippen molar-refractivity contribution >= 4 is 0 Å². The van der Waals surface area contributed by atoms with Gasteiger partial charge >= 0.3 is 5.92 Å². The Labute approximate surface area is 74.6 Å². The number of ether oxygens (including phenoxy) is 1. The molecule has 1 aliphatic heterocycles. The number of alkyl halides is 2. The Balaban J connectivity index is 2.29. The third kappa shape index (κ3) is 1.41. The van der Waals surface area contributed by atoms with Crippen LogP contribution in [0.1, 0.15) is 11.7 Å². The van der Waals surface area contributed by atoms with Crippen molar-refractivity contribution in [3.63, 3.8) is 0 Å². The quantitative estimate of drug-likeness (QED) is 0.648. The van der Waals surface area contributed by atoms with Gasteiger partial charge < -0.3 is 4.74 Å². The molecule has 0 aliphatic carbocycles. The summed E-state index contributed by atoms with van der Waals surface area (Å²) in [6.45, 7) is 0. The SMILES string of the molecule is FC1(F)C=COC1c1ccccc1. The van der Waals surface area contributed by atoms with Crippen molar-refractivity contribution in [1.29, 1.82) is 0 Å². The van der Waals surface area contributed by atoms with E-state index < -0.39 is 12.0 Å². The van der Waals surface area contributed by atoms with Crippen molar-refractivity contribution in [2.24, 2.45) is 0 Å². The molecule has 1 nitrogen and oxygen atoms in total. The average Bonchev–Trinajstić information content (AvgIpc) is 2.47. The Morgan fingerprint density at radius 3 is 2.38 bits per heavy atom. The maximum Gasteiger partial charge on any atom is 0.309 e. The molecule has 0 bridgehead atoms. The molecule has 1 aromatic rings. The molecular weight excluding hydrogens is 174 g/mol. The summed E-state index contributed by atoms with van der Waals surface area (Å²) in [5.74, 6) is -2.89. The lowest BCUT2D eigenvalue weighted by molar-refractivity contribution is -0.0517. The maximum absolute atomic E-state index is 13.1.